The minimum Gasteiger partial charge on any atom is -0.507 e. The van der Waals surface area contributed by atoms with Gasteiger partial charge in [-0.25, -0.2) is 9.78 Å². The third-order valence-corrected chi connectivity index (χ3v) is 7.04. The topological polar surface area (TPSA) is 106 Å². The van der Waals surface area contributed by atoms with Gasteiger partial charge in [0, 0.05) is 5.56 Å². The van der Waals surface area contributed by atoms with Gasteiger partial charge in [0.05, 0.1) is 30.5 Å². The highest BCUT2D eigenvalue weighted by atomic mass is 32.1. The molecule has 2 heterocycles. The van der Waals surface area contributed by atoms with Crippen LogP contribution in [0.2, 0.25) is 0 Å². The van der Waals surface area contributed by atoms with Crippen molar-refractivity contribution in [1.29, 1.82) is 0 Å². The van der Waals surface area contributed by atoms with E-state index in [1.165, 1.54) is 4.90 Å². The number of aliphatic hydroxyl groups excluding tert-OH is 1. The number of carbonyl (C=O) groups excluding carboxylic acids is 3. The number of Topliss-reactive ketones (excluding diaryl/α,β-unsaturated/α-hetero) is 1. The molecule has 1 aromatic heterocycles. The van der Waals surface area contributed by atoms with Crippen LogP contribution in [-0.4, -0.2) is 41.0 Å². The molecule has 1 unspecified atom stereocenters. The van der Waals surface area contributed by atoms with E-state index in [1.54, 1.807) is 62.4 Å². The fraction of sp³-hybridized carbons (Fsp3) is 0.286. The highest BCUT2D eigenvalue weighted by Crippen LogP contribution is 2.44. The van der Waals surface area contributed by atoms with Gasteiger partial charge in [-0.1, -0.05) is 55.0 Å². The van der Waals surface area contributed by atoms with Crippen molar-refractivity contribution >= 4 is 39.9 Å². The maximum Gasteiger partial charge on any atom is 0.350 e. The molecule has 8 nitrogen and oxygen atoms in total. The van der Waals surface area contributed by atoms with E-state index in [0.29, 0.717) is 29.2 Å². The number of benzene rings is 2. The molecule has 0 aliphatic carbocycles. The Bertz CT molecular complexity index is 1330. The lowest BCUT2D eigenvalue weighted by atomic mass is 9.95. The lowest BCUT2D eigenvalue weighted by molar-refractivity contribution is -0.132. The van der Waals surface area contributed by atoms with Crippen LogP contribution in [0.3, 0.4) is 0 Å². The van der Waals surface area contributed by atoms with Crippen LogP contribution >= 0.6 is 11.3 Å². The van der Waals surface area contributed by atoms with E-state index in [4.69, 9.17) is 9.47 Å². The number of unbranched alkanes of at least 4 members (excludes halogenated alkanes) is 1. The van der Waals surface area contributed by atoms with E-state index in [1.807, 2.05) is 6.07 Å². The van der Waals surface area contributed by atoms with E-state index < -0.39 is 23.7 Å². The number of esters is 1. The molecule has 0 spiro atoms. The highest BCUT2D eigenvalue weighted by Gasteiger charge is 2.48. The van der Waals surface area contributed by atoms with Crippen molar-refractivity contribution in [2.24, 2.45) is 0 Å². The van der Waals surface area contributed by atoms with Gasteiger partial charge in [0.2, 0.25) is 0 Å². The van der Waals surface area contributed by atoms with Gasteiger partial charge in [-0.05, 0) is 50.1 Å². The second kappa shape index (κ2) is 11.4. The Morgan fingerprint density at radius 1 is 1.08 bits per heavy atom. The van der Waals surface area contributed by atoms with E-state index >= 15 is 0 Å². The summed E-state index contributed by atoms with van der Waals surface area (Å²) in [6.45, 7) is 6.20. The van der Waals surface area contributed by atoms with Crippen molar-refractivity contribution in [1.82, 2.24) is 4.98 Å². The minimum atomic E-state index is -0.928. The van der Waals surface area contributed by atoms with Gasteiger partial charge in [0.25, 0.3) is 5.78 Å². The molecule has 0 radical (unpaired) electrons. The first kappa shape index (κ1) is 26.1. The summed E-state index contributed by atoms with van der Waals surface area (Å²) in [4.78, 5) is 44.9. The molecule has 1 aliphatic rings. The summed E-state index contributed by atoms with van der Waals surface area (Å²) in [6, 6.07) is 14.7. The minimum absolute atomic E-state index is 0.0543. The molecule has 1 fully saturated rings. The van der Waals surface area contributed by atoms with Gasteiger partial charge in [-0.15, -0.1) is 0 Å². The van der Waals surface area contributed by atoms with Gasteiger partial charge in [-0.2, -0.15) is 0 Å². The van der Waals surface area contributed by atoms with E-state index in [0.717, 1.165) is 24.2 Å². The zero-order valence-corrected chi connectivity index (χ0v) is 21.7. The number of anilines is 1. The van der Waals surface area contributed by atoms with Crippen LogP contribution in [0.4, 0.5) is 5.13 Å². The summed E-state index contributed by atoms with van der Waals surface area (Å²) >= 11 is 0.976. The Hall–Kier alpha value is -3.98. The number of hydrogen-bond acceptors (Lipinski definition) is 8. The van der Waals surface area contributed by atoms with Crippen LogP contribution in [0.5, 0.6) is 5.75 Å². The predicted octanol–water partition coefficient (Wildman–Crippen LogP) is 5.43. The van der Waals surface area contributed by atoms with Crippen molar-refractivity contribution in [3.8, 4) is 5.75 Å². The second-order valence-electron chi connectivity index (χ2n) is 8.44. The SMILES string of the molecule is CCCCOc1ccc(C(O)=C2C(=O)C(=O)N(c3nc(C)c(C(=O)OCC)s3)C2c2ccccc2)cc1. The number of amides is 1. The standard InChI is InChI=1S/C28H28N2O6S/c1-4-6-16-36-20-14-12-19(13-15-20)23(31)21-22(18-10-8-7-9-11-18)30(26(33)24(21)32)28-29-17(3)25(37-28)27(34)35-5-2/h7-15,22,31H,4-6,16H2,1-3H3. The van der Waals surface area contributed by atoms with Gasteiger partial charge in [0.1, 0.15) is 16.4 Å². The summed E-state index contributed by atoms with van der Waals surface area (Å²) in [5, 5.41) is 11.5. The van der Waals surface area contributed by atoms with Gasteiger partial charge >= 0.3 is 11.9 Å². The summed E-state index contributed by atoms with van der Waals surface area (Å²) in [5.74, 6) is -1.86. The van der Waals surface area contributed by atoms with Crippen molar-refractivity contribution in [2.45, 2.75) is 39.7 Å². The fourth-order valence-corrected chi connectivity index (χ4v) is 5.04. The van der Waals surface area contributed by atoms with E-state index in [9.17, 15) is 19.5 Å². The van der Waals surface area contributed by atoms with Crippen LogP contribution in [0.1, 0.15) is 59.2 Å². The van der Waals surface area contributed by atoms with Crippen LogP contribution in [-0.2, 0) is 14.3 Å². The number of aliphatic hydroxyl groups is 1. The quantitative estimate of drug-likeness (QED) is 0.132. The maximum atomic E-state index is 13.3. The zero-order valence-electron chi connectivity index (χ0n) is 20.9. The molecule has 1 saturated heterocycles. The summed E-state index contributed by atoms with van der Waals surface area (Å²) in [6.07, 6.45) is 1.94. The van der Waals surface area contributed by atoms with Crippen molar-refractivity contribution < 1.29 is 29.0 Å². The van der Waals surface area contributed by atoms with E-state index in [-0.39, 0.29) is 27.9 Å². The molecule has 0 bridgehead atoms. The molecule has 9 heteroatoms. The molecule has 3 aromatic rings. The molecule has 4 rings (SSSR count). The smallest absolute Gasteiger partial charge is 0.350 e. The number of aryl methyl sites for hydroxylation is 1. The molecule has 1 atom stereocenters. The highest BCUT2D eigenvalue weighted by molar-refractivity contribution is 7.17. The monoisotopic (exact) mass is 520 g/mol. The molecular weight excluding hydrogens is 492 g/mol. The average Bonchev–Trinajstić information content (AvgIpc) is 3.41. The van der Waals surface area contributed by atoms with Crippen molar-refractivity contribution in [3.05, 3.63) is 81.9 Å². The first-order chi connectivity index (χ1) is 17.9. The number of ketones is 1. The molecule has 192 valence electrons. The van der Waals surface area contributed by atoms with Gasteiger partial charge in [-0.3, -0.25) is 14.5 Å². The van der Waals surface area contributed by atoms with Crippen molar-refractivity contribution in [3.63, 3.8) is 0 Å². The Balaban J connectivity index is 1.78. The Morgan fingerprint density at radius 3 is 2.43 bits per heavy atom. The Morgan fingerprint density at radius 2 is 1.78 bits per heavy atom. The van der Waals surface area contributed by atoms with Crippen LogP contribution in [0.25, 0.3) is 5.76 Å². The second-order valence-corrected chi connectivity index (χ2v) is 9.42. The summed E-state index contributed by atoms with van der Waals surface area (Å²) < 4.78 is 10.8. The van der Waals surface area contributed by atoms with E-state index in [2.05, 4.69) is 11.9 Å². The fourth-order valence-electron chi connectivity index (χ4n) is 4.05. The first-order valence-electron chi connectivity index (χ1n) is 12.1. The lowest BCUT2D eigenvalue weighted by Crippen LogP contribution is -2.29. The van der Waals surface area contributed by atoms with Crippen LogP contribution in [0, 0.1) is 6.92 Å². The number of hydrogen-bond donors (Lipinski definition) is 1. The van der Waals surface area contributed by atoms with Crippen LogP contribution in [0.15, 0.2) is 60.2 Å². The summed E-state index contributed by atoms with van der Waals surface area (Å²) in [7, 11) is 0. The molecule has 1 amide bonds. The largest absolute Gasteiger partial charge is 0.507 e. The number of aromatic nitrogens is 1. The number of thiazole rings is 1. The normalized spacial score (nSPS) is 16.7. The van der Waals surface area contributed by atoms with Crippen molar-refractivity contribution in [2.75, 3.05) is 18.1 Å². The molecule has 2 aromatic carbocycles. The maximum absolute atomic E-state index is 13.3. The number of ether oxygens (including phenoxy) is 2. The Kier molecular flexibility index (Phi) is 8.03. The third-order valence-electron chi connectivity index (χ3n) is 5.91. The number of nitrogens with zero attached hydrogens (tertiary/aromatic N) is 2. The van der Waals surface area contributed by atoms with Gasteiger partial charge < -0.3 is 14.6 Å². The Labute approximate surface area is 219 Å². The third kappa shape index (κ3) is 5.27. The first-order valence-corrected chi connectivity index (χ1v) is 12.9. The van der Waals surface area contributed by atoms with Gasteiger partial charge in [0.15, 0.2) is 5.13 Å². The molecule has 37 heavy (non-hydrogen) atoms. The molecular formula is C28H28N2O6S. The predicted molar refractivity (Wildman–Crippen MR) is 141 cm³/mol. The summed E-state index contributed by atoms with van der Waals surface area (Å²) in [5.41, 5.74) is 1.34. The number of carbonyl (C=O) groups is 3. The molecule has 1 aliphatic heterocycles. The number of rotatable bonds is 9. The average molecular weight is 521 g/mol. The zero-order chi connectivity index (χ0) is 26.5. The molecule has 0 saturated carbocycles. The molecule has 1 N–H and O–H groups in total. The lowest BCUT2D eigenvalue weighted by Gasteiger charge is -2.23. The van der Waals surface area contributed by atoms with Crippen LogP contribution < -0.4 is 9.64 Å².